The lowest BCUT2D eigenvalue weighted by Gasteiger charge is -2.10. The molecule has 1 aromatic carbocycles. The Kier molecular flexibility index (Phi) is 3.44. The van der Waals surface area contributed by atoms with Gasteiger partial charge in [-0.05, 0) is 37.1 Å². The average Bonchev–Trinajstić information content (AvgIpc) is 3.15. The summed E-state index contributed by atoms with van der Waals surface area (Å²) in [5.41, 5.74) is 0.506. The van der Waals surface area contributed by atoms with E-state index >= 15 is 0 Å². The molecule has 2 aromatic rings. The van der Waals surface area contributed by atoms with Gasteiger partial charge in [-0.2, -0.15) is 13.2 Å². The molecule has 0 unspecified atom stereocenters. The number of benzene rings is 1. The van der Waals surface area contributed by atoms with Gasteiger partial charge in [-0.25, -0.2) is 0 Å². The molecule has 1 aliphatic rings. The molecule has 0 saturated heterocycles. The zero-order valence-electron chi connectivity index (χ0n) is 10.8. The third-order valence-electron chi connectivity index (χ3n) is 3.26. The van der Waals surface area contributed by atoms with Crippen molar-refractivity contribution in [1.82, 2.24) is 5.16 Å². The zero-order chi connectivity index (χ0) is 15.0. The zero-order valence-corrected chi connectivity index (χ0v) is 11.6. The van der Waals surface area contributed by atoms with Crippen molar-refractivity contribution in [3.8, 4) is 0 Å². The van der Waals surface area contributed by atoms with Gasteiger partial charge >= 0.3 is 6.18 Å². The molecule has 110 valence electrons. The van der Waals surface area contributed by atoms with E-state index in [1.165, 1.54) is 18.3 Å². The van der Waals surface area contributed by atoms with Gasteiger partial charge in [-0.15, -0.1) is 0 Å². The Morgan fingerprint density at radius 1 is 1.24 bits per heavy atom. The monoisotopic (exact) mass is 312 g/mol. The first kappa shape index (κ1) is 14.1. The highest BCUT2D eigenvalue weighted by molar-refractivity contribution is 7.81. The minimum absolute atomic E-state index is 0.356. The first-order valence-corrected chi connectivity index (χ1v) is 6.79. The van der Waals surface area contributed by atoms with Crippen LogP contribution in [0.5, 0.6) is 0 Å². The van der Waals surface area contributed by atoms with E-state index in [1.54, 1.807) is 0 Å². The highest BCUT2D eigenvalue weighted by Gasteiger charge is 2.32. The lowest BCUT2D eigenvalue weighted by molar-refractivity contribution is -0.137. The number of nitrogens with one attached hydrogen (secondary N) is 1. The summed E-state index contributed by atoms with van der Waals surface area (Å²) in [7, 11) is 0. The Morgan fingerprint density at radius 2 is 1.90 bits per heavy atom. The van der Waals surface area contributed by atoms with Crippen molar-refractivity contribution in [3.05, 3.63) is 47.3 Å². The van der Waals surface area contributed by atoms with Crippen LogP contribution in [0.4, 0.5) is 18.9 Å². The van der Waals surface area contributed by atoms with E-state index in [4.69, 9.17) is 16.7 Å². The number of hydrogen-bond acceptors (Lipinski definition) is 3. The molecule has 3 rings (SSSR count). The van der Waals surface area contributed by atoms with Crippen LogP contribution >= 0.6 is 12.2 Å². The molecular weight excluding hydrogens is 301 g/mol. The fourth-order valence-electron chi connectivity index (χ4n) is 2.00. The van der Waals surface area contributed by atoms with Crippen LogP contribution < -0.4 is 5.32 Å². The minimum atomic E-state index is -4.34. The fourth-order valence-corrected chi connectivity index (χ4v) is 2.27. The van der Waals surface area contributed by atoms with Gasteiger partial charge in [-0.3, -0.25) is 0 Å². The van der Waals surface area contributed by atoms with Crippen molar-refractivity contribution in [1.29, 1.82) is 0 Å². The second-order valence-corrected chi connectivity index (χ2v) is 5.32. The number of aromatic nitrogens is 1. The van der Waals surface area contributed by atoms with Crippen molar-refractivity contribution in [2.75, 3.05) is 5.32 Å². The summed E-state index contributed by atoms with van der Waals surface area (Å²) in [5, 5.41) is 6.65. The van der Waals surface area contributed by atoms with Crippen LogP contribution in [0, 0.1) is 0 Å². The van der Waals surface area contributed by atoms with Crippen LogP contribution in [-0.4, -0.2) is 10.1 Å². The average molecular weight is 312 g/mol. The molecule has 1 heterocycles. The van der Waals surface area contributed by atoms with Crippen molar-refractivity contribution in [2.24, 2.45) is 0 Å². The molecule has 3 nitrogen and oxygen atoms in total. The standard InChI is InChI=1S/C14H11F3N2OS/c15-14(16,17)9-3-5-10(6-4-9)19-13(21)11-7-18-20-12(11)8-1-2-8/h3-8H,1-2H2,(H,19,21). The Bertz CT molecular complexity index is 660. The van der Waals surface area contributed by atoms with Gasteiger partial charge < -0.3 is 9.84 Å². The molecule has 1 aliphatic carbocycles. The maximum atomic E-state index is 12.5. The number of hydrogen-bond donors (Lipinski definition) is 1. The molecule has 0 spiro atoms. The highest BCUT2D eigenvalue weighted by Crippen LogP contribution is 2.41. The van der Waals surface area contributed by atoms with Gasteiger partial charge in [0.15, 0.2) is 0 Å². The third-order valence-corrected chi connectivity index (χ3v) is 3.58. The summed E-state index contributed by atoms with van der Waals surface area (Å²) in [4.78, 5) is 0.401. The maximum absolute atomic E-state index is 12.5. The van der Waals surface area contributed by atoms with E-state index < -0.39 is 11.7 Å². The Hall–Kier alpha value is -1.89. The predicted molar refractivity (Wildman–Crippen MR) is 75.2 cm³/mol. The van der Waals surface area contributed by atoms with E-state index in [0.717, 1.165) is 30.7 Å². The van der Waals surface area contributed by atoms with Gasteiger partial charge in [0, 0.05) is 11.6 Å². The number of anilines is 1. The first-order valence-electron chi connectivity index (χ1n) is 6.38. The summed E-state index contributed by atoms with van der Waals surface area (Å²) < 4.78 is 42.6. The lowest BCUT2D eigenvalue weighted by Crippen LogP contribution is -2.12. The van der Waals surface area contributed by atoms with Gasteiger partial charge in [0.1, 0.15) is 10.7 Å². The smallest absolute Gasteiger partial charge is 0.360 e. The van der Waals surface area contributed by atoms with Crippen LogP contribution in [0.2, 0.25) is 0 Å². The number of thiocarbonyl (C=S) groups is 1. The maximum Gasteiger partial charge on any atom is 0.416 e. The molecule has 21 heavy (non-hydrogen) atoms. The Balaban J connectivity index is 1.74. The molecule has 0 radical (unpaired) electrons. The molecule has 1 N–H and O–H groups in total. The highest BCUT2D eigenvalue weighted by atomic mass is 32.1. The molecule has 1 fully saturated rings. The summed E-state index contributed by atoms with van der Waals surface area (Å²) in [5.74, 6) is 1.11. The molecular formula is C14H11F3N2OS. The summed E-state index contributed by atoms with van der Waals surface area (Å²) >= 11 is 5.26. The van der Waals surface area contributed by atoms with Crippen molar-refractivity contribution in [3.63, 3.8) is 0 Å². The van der Waals surface area contributed by atoms with Crippen LogP contribution in [0.25, 0.3) is 0 Å². The topological polar surface area (TPSA) is 38.1 Å². The molecule has 7 heteroatoms. The van der Waals surface area contributed by atoms with Crippen molar-refractivity contribution in [2.45, 2.75) is 24.9 Å². The quantitative estimate of drug-likeness (QED) is 0.855. The van der Waals surface area contributed by atoms with Gasteiger partial charge in [0.05, 0.1) is 17.3 Å². The minimum Gasteiger partial charge on any atom is -0.360 e. The fraction of sp³-hybridized carbons (Fsp3) is 0.286. The van der Waals surface area contributed by atoms with E-state index in [2.05, 4.69) is 10.5 Å². The molecule has 0 amide bonds. The number of rotatable bonds is 3. The third kappa shape index (κ3) is 3.07. The van der Waals surface area contributed by atoms with E-state index in [0.29, 0.717) is 22.2 Å². The second kappa shape index (κ2) is 5.14. The van der Waals surface area contributed by atoms with Crippen molar-refractivity contribution >= 4 is 22.9 Å². The SMILES string of the molecule is FC(F)(F)c1ccc(NC(=S)c2cnoc2C2CC2)cc1. The van der Waals surface area contributed by atoms with Crippen LogP contribution in [0.1, 0.15) is 35.6 Å². The number of alkyl halides is 3. The van der Waals surface area contributed by atoms with Crippen molar-refractivity contribution < 1.29 is 17.7 Å². The normalized spacial score (nSPS) is 15.0. The van der Waals surface area contributed by atoms with Gasteiger partial charge in [-0.1, -0.05) is 17.4 Å². The van der Waals surface area contributed by atoms with E-state index in [-0.39, 0.29) is 0 Å². The van der Waals surface area contributed by atoms with Gasteiger partial charge in [0.2, 0.25) is 0 Å². The molecule has 0 atom stereocenters. The van der Waals surface area contributed by atoms with Gasteiger partial charge in [0.25, 0.3) is 0 Å². The molecule has 0 bridgehead atoms. The first-order chi connectivity index (χ1) is 9.95. The van der Waals surface area contributed by atoms with Crippen LogP contribution in [0.15, 0.2) is 35.0 Å². The summed E-state index contributed by atoms with van der Waals surface area (Å²) in [6, 6.07) is 4.72. The van der Waals surface area contributed by atoms with E-state index in [1.807, 2.05) is 0 Å². The van der Waals surface area contributed by atoms with Crippen LogP contribution in [0.3, 0.4) is 0 Å². The summed E-state index contributed by atoms with van der Waals surface area (Å²) in [6.45, 7) is 0. The summed E-state index contributed by atoms with van der Waals surface area (Å²) in [6.07, 6.45) is -0.712. The molecule has 1 aromatic heterocycles. The largest absolute Gasteiger partial charge is 0.416 e. The molecule has 1 saturated carbocycles. The number of nitrogens with zero attached hydrogens (tertiary/aromatic N) is 1. The Morgan fingerprint density at radius 3 is 2.48 bits per heavy atom. The predicted octanol–water partition coefficient (Wildman–Crippen LogP) is 4.36. The van der Waals surface area contributed by atoms with E-state index in [9.17, 15) is 13.2 Å². The number of halogens is 3. The second-order valence-electron chi connectivity index (χ2n) is 4.91. The van der Waals surface area contributed by atoms with Crippen LogP contribution in [-0.2, 0) is 6.18 Å². The Labute approximate surface area is 124 Å². The lowest BCUT2D eigenvalue weighted by atomic mass is 10.1. The molecule has 0 aliphatic heterocycles.